The van der Waals surface area contributed by atoms with Crippen molar-refractivity contribution < 1.29 is 9.53 Å². The first kappa shape index (κ1) is 15.5. The first-order valence-corrected chi connectivity index (χ1v) is 7.63. The van der Waals surface area contributed by atoms with Gasteiger partial charge in [-0.1, -0.05) is 23.2 Å². The number of halogens is 2. The molecule has 2 atom stereocenters. The first-order valence-electron chi connectivity index (χ1n) is 6.88. The summed E-state index contributed by atoms with van der Waals surface area (Å²) in [6.07, 6.45) is 3.27. The van der Waals surface area contributed by atoms with Crippen LogP contribution in [0.25, 0.3) is 0 Å². The van der Waals surface area contributed by atoms with E-state index in [-0.39, 0.29) is 24.6 Å². The van der Waals surface area contributed by atoms with Crippen LogP contribution in [0.5, 0.6) is 5.75 Å². The number of benzene rings is 1. The van der Waals surface area contributed by atoms with Gasteiger partial charge in [-0.15, -0.1) is 0 Å². The Labute approximate surface area is 129 Å². The second kappa shape index (κ2) is 6.68. The summed E-state index contributed by atoms with van der Waals surface area (Å²) in [4.78, 5) is 14.2. The lowest BCUT2D eigenvalue weighted by Gasteiger charge is -2.39. The quantitative estimate of drug-likeness (QED) is 0.838. The highest BCUT2D eigenvalue weighted by Crippen LogP contribution is 2.28. The summed E-state index contributed by atoms with van der Waals surface area (Å²) < 4.78 is 5.52. The van der Waals surface area contributed by atoms with Gasteiger partial charge in [0.05, 0.1) is 5.02 Å². The van der Waals surface area contributed by atoms with Gasteiger partial charge < -0.3 is 9.64 Å². The van der Waals surface area contributed by atoms with Gasteiger partial charge in [0.1, 0.15) is 5.75 Å². The molecule has 1 aliphatic heterocycles. The van der Waals surface area contributed by atoms with E-state index in [4.69, 9.17) is 27.9 Å². The van der Waals surface area contributed by atoms with Crippen LogP contribution < -0.4 is 4.74 Å². The van der Waals surface area contributed by atoms with Gasteiger partial charge in [-0.3, -0.25) is 4.79 Å². The average molecular weight is 316 g/mol. The van der Waals surface area contributed by atoms with E-state index in [1.165, 1.54) is 6.42 Å². The molecule has 110 valence electrons. The van der Waals surface area contributed by atoms with Gasteiger partial charge in [0.15, 0.2) is 6.61 Å². The molecule has 0 saturated carbocycles. The monoisotopic (exact) mass is 315 g/mol. The number of hydrogen-bond acceptors (Lipinski definition) is 2. The number of carbonyl (C=O) groups excluding carboxylic acids is 1. The average Bonchev–Trinajstić information content (AvgIpc) is 2.39. The van der Waals surface area contributed by atoms with Crippen molar-refractivity contribution in [2.75, 3.05) is 6.61 Å². The lowest BCUT2D eigenvalue weighted by molar-refractivity contribution is -0.139. The maximum atomic E-state index is 12.3. The third-order valence-electron chi connectivity index (χ3n) is 3.73. The number of rotatable bonds is 3. The van der Waals surface area contributed by atoms with Crippen molar-refractivity contribution in [3.63, 3.8) is 0 Å². The minimum absolute atomic E-state index is 0.000687. The molecule has 1 fully saturated rings. The molecule has 1 aliphatic rings. The number of ether oxygens (including phenoxy) is 1. The van der Waals surface area contributed by atoms with Crippen LogP contribution in [0.2, 0.25) is 10.0 Å². The SMILES string of the molecule is CC1CCCC(C)N1C(=O)COc1cc(Cl)ccc1Cl. The molecule has 1 amide bonds. The predicted molar refractivity (Wildman–Crippen MR) is 81.6 cm³/mol. The van der Waals surface area contributed by atoms with Gasteiger partial charge >= 0.3 is 0 Å². The molecule has 2 rings (SSSR count). The number of likely N-dealkylation sites (tertiary alicyclic amines) is 1. The third-order valence-corrected chi connectivity index (χ3v) is 4.27. The molecule has 1 heterocycles. The van der Waals surface area contributed by atoms with Crippen molar-refractivity contribution in [3.8, 4) is 5.75 Å². The molecule has 0 aromatic heterocycles. The highest BCUT2D eigenvalue weighted by Gasteiger charge is 2.29. The summed E-state index contributed by atoms with van der Waals surface area (Å²) in [6.45, 7) is 4.16. The van der Waals surface area contributed by atoms with Gasteiger partial charge in [-0.2, -0.15) is 0 Å². The largest absolute Gasteiger partial charge is 0.482 e. The standard InChI is InChI=1S/C15H19Cl2NO2/c1-10-4-3-5-11(2)18(10)15(19)9-20-14-8-12(16)6-7-13(14)17/h6-8,10-11H,3-5,9H2,1-2H3. The van der Waals surface area contributed by atoms with E-state index in [1.54, 1.807) is 18.2 Å². The molecule has 0 aliphatic carbocycles. The zero-order valence-electron chi connectivity index (χ0n) is 11.7. The van der Waals surface area contributed by atoms with Gasteiger partial charge in [0, 0.05) is 23.2 Å². The van der Waals surface area contributed by atoms with Crippen molar-refractivity contribution in [3.05, 3.63) is 28.2 Å². The maximum Gasteiger partial charge on any atom is 0.260 e. The van der Waals surface area contributed by atoms with E-state index in [0.29, 0.717) is 15.8 Å². The molecule has 20 heavy (non-hydrogen) atoms. The van der Waals surface area contributed by atoms with Crippen LogP contribution in [0, 0.1) is 0 Å². The minimum atomic E-state index is -0.00522. The van der Waals surface area contributed by atoms with Gasteiger partial charge in [0.2, 0.25) is 0 Å². The van der Waals surface area contributed by atoms with Crippen LogP contribution in [0.15, 0.2) is 18.2 Å². The third kappa shape index (κ3) is 3.58. The van der Waals surface area contributed by atoms with Crippen molar-refractivity contribution in [2.45, 2.75) is 45.2 Å². The molecule has 0 N–H and O–H groups in total. The number of hydrogen-bond donors (Lipinski definition) is 0. The lowest BCUT2D eigenvalue weighted by atomic mass is 9.97. The molecule has 0 bridgehead atoms. The first-order chi connectivity index (χ1) is 9.49. The van der Waals surface area contributed by atoms with Gasteiger partial charge in [-0.05, 0) is 45.2 Å². The predicted octanol–water partition coefficient (Wildman–Crippen LogP) is 4.16. The Bertz CT molecular complexity index is 483. The Balaban J connectivity index is 1.99. The molecule has 2 unspecified atom stereocenters. The van der Waals surface area contributed by atoms with Crippen molar-refractivity contribution in [2.24, 2.45) is 0 Å². The van der Waals surface area contributed by atoms with E-state index in [9.17, 15) is 4.79 Å². The minimum Gasteiger partial charge on any atom is -0.482 e. The Morgan fingerprint density at radius 1 is 1.30 bits per heavy atom. The van der Waals surface area contributed by atoms with Gasteiger partial charge in [-0.25, -0.2) is 0 Å². The second-order valence-corrected chi connectivity index (χ2v) is 6.14. The highest BCUT2D eigenvalue weighted by atomic mass is 35.5. The summed E-state index contributed by atoms with van der Waals surface area (Å²) in [6, 6.07) is 5.51. The fourth-order valence-corrected chi connectivity index (χ4v) is 3.05. The van der Waals surface area contributed by atoms with Crippen molar-refractivity contribution >= 4 is 29.1 Å². The Morgan fingerprint density at radius 2 is 1.95 bits per heavy atom. The van der Waals surface area contributed by atoms with Crippen molar-refractivity contribution in [1.82, 2.24) is 4.90 Å². The summed E-state index contributed by atoms with van der Waals surface area (Å²) in [5.74, 6) is 0.450. The van der Waals surface area contributed by atoms with E-state index in [1.807, 2.05) is 4.90 Å². The summed E-state index contributed by atoms with van der Waals surface area (Å²) in [7, 11) is 0. The Hall–Kier alpha value is -0.930. The van der Waals surface area contributed by atoms with E-state index >= 15 is 0 Å². The molecule has 0 radical (unpaired) electrons. The van der Waals surface area contributed by atoms with Gasteiger partial charge in [0.25, 0.3) is 5.91 Å². The lowest BCUT2D eigenvalue weighted by Crippen LogP contribution is -2.49. The smallest absolute Gasteiger partial charge is 0.260 e. The molecular formula is C15H19Cl2NO2. The molecule has 5 heteroatoms. The van der Waals surface area contributed by atoms with Crippen LogP contribution in [-0.2, 0) is 4.79 Å². The second-order valence-electron chi connectivity index (χ2n) is 5.29. The van der Waals surface area contributed by atoms with Crippen LogP contribution in [0.3, 0.4) is 0 Å². The van der Waals surface area contributed by atoms with Crippen LogP contribution in [0.4, 0.5) is 0 Å². The van der Waals surface area contributed by atoms with E-state index in [2.05, 4.69) is 13.8 Å². The molecule has 1 aromatic carbocycles. The summed E-state index contributed by atoms with van der Waals surface area (Å²) >= 11 is 11.9. The zero-order valence-corrected chi connectivity index (χ0v) is 13.2. The van der Waals surface area contributed by atoms with E-state index < -0.39 is 0 Å². The van der Waals surface area contributed by atoms with Crippen molar-refractivity contribution in [1.29, 1.82) is 0 Å². The number of nitrogens with zero attached hydrogens (tertiary/aromatic N) is 1. The van der Waals surface area contributed by atoms with Crippen LogP contribution in [-0.4, -0.2) is 29.5 Å². The maximum absolute atomic E-state index is 12.3. The van der Waals surface area contributed by atoms with Crippen LogP contribution >= 0.6 is 23.2 Å². The molecule has 1 saturated heterocycles. The summed E-state index contributed by atoms with van der Waals surface area (Å²) in [5, 5.41) is 0.999. The highest BCUT2D eigenvalue weighted by molar-refractivity contribution is 6.34. The summed E-state index contributed by atoms with van der Waals surface area (Å²) in [5.41, 5.74) is 0. The topological polar surface area (TPSA) is 29.5 Å². The Kier molecular flexibility index (Phi) is 5.17. The fraction of sp³-hybridized carbons (Fsp3) is 0.533. The number of piperidine rings is 1. The van der Waals surface area contributed by atoms with E-state index in [0.717, 1.165) is 12.8 Å². The fourth-order valence-electron chi connectivity index (χ4n) is 2.71. The number of amides is 1. The molecular weight excluding hydrogens is 297 g/mol. The Morgan fingerprint density at radius 3 is 2.60 bits per heavy atom. The normalized spacial score (nSPS) is 22.7. The molecule has 1 aromatic rings. The molecule has 0 spiro atoms. The number of carbonyl (C=O) groups is 1. The molecule has 3 nitrogen and oxygen atoms in total. The zero-order chi connectivity index (χ0) is 14.7. The van der Waals surface area contributed by atoms with Crippen LogP contribution in [0.1, 0.15) is 33.1 Å².